The van der Waals surface area contributed by atoms with E-state index < -0.39 is 0 Å². The minimum absolute atomic E-state index is 0.0480. The third-order valence-corrected chi connectivity index (χ3v) is 10.6. The van der Waals surface area contributed by atoms with E-state index >= 15 is 0 Å². The van der Waals surface area contributed by atoms with E-state index in [2.05, 4.69) is 124 Å². The van der Waals surface area contributed by atoms with Crippen LogP contribution >= 0.6 is 34.5 Å². The predicted octanol–water partition coefficient (Wildman–Crippen LogP) is 12.9. The molecule has 1 aliphatic rings. The molecule has 0 bridgehead atoms. The molecule has 5 aromatic carbocycles. The first-order valence-corrected chi connectivity index (χ1v) is 16.3. The van der Waals surface area contributed by atoms with E-state index in [4.69, 9.17) is 23.2 Å². The molecule has 7 rings (SSSR count). The number of nitrogens with zero attached hydrogens (tertiary/aromatic N) is 1. The third kappa shape index (κ3) is 4.68. The Balaban J connectivity index is 1.48. The predicted molar refractivity (Wildman–Crippen MR) is 188 cm³/mol. The van der Waals surface area contributed by atoms with Gasteiger partial charge in [-0.1, -0.05) is 125 Å². The Morgan fingerprint density at radius 3 is 2.09 bits per heavy atom. The van der Waals surface area contributed by atoms with E-state index in [1.54, 1.807) is 11.3 Å². The quantitative estimate of drug-likeness (QED) is 0.190. The molecule has 0 atom stereocenters. The Kier molecular flexibility index (Phi) is 6.74. The maximum atomic E-state index is 7.10. The molecule has 0 unspecified atom stereocenters. The number of hydrogen-bond donors (Lipinski definition) is 0. The van der Waals surface area contributed by atoms with Crippen molar-refractivity contribution in [3.63, 3.8) is 0 Å². The Labute approximate surface area is 268 Å². The lowest BCUT2D eigenvalue weighted by Crippen LogP contribution is -2.15. The zero-order valence-electron chi connectivity index (χ0n) is 25.0. The second-order valence-corrected chi connectivity index (χ2v) is 14.7. The number of anilines is 3. The van der Waals surface area contributed by atoms with Gasteiger partial charge in [-0.05, 0) is 80.8 Å². The summed E-state index contributed by atoms with van der Waals surface area (Å²) in [7, 11) is 0. The van der Waals surface area contributed by atoms with Crippen LogP contribution in [0.25, 0.3) is 32.3 Å². The van der Waals surface area contributed by atoms with Gasteiger partial charge in [-0.3, -0.25) is 0 Å². The van der Waals surface area contributed by atoms with Crippen molar-refractivity contribution >= 4 is 61.7 Å². The molecule has 0 saturated carbocycles. The minimum atomic E-state index is -0.0480. The molecule has 1 aliphatic carbocycles. The molecule has 214 valence electrons. The highest BCUT2D eigenvalue weighted by atomic mass is 35.5. The van der Waals surface area contributed by atoms with E-state index in [0.717, 1.165) is 28.2 Å². The minimum Gasteiger partial charge on any atom is -0.307 e. The highest BCUT2D eigenvalue weighted by Gasteiger charge is 2.36. The van der Waals surface area contributed by atoms with Gasteiger partial charge in [0.2, 0.25) is 0 Å². The summed E-state index contributed by atoms with van der Waals surface area (Å²) in [4.78, 5) is 2.28. The third-order valence-electron chi connectivity index (χ3n) is 8.85. The van der Waals surface area contributed by atoms with Crippen LogP contribution in [0.2, 0.25) is 10.0 Å². The molecule has 0 N–H and O–H groups in total. The van der Waals surface area contributed by atoms with Crippen LogP contribution in [0.4, 0.5) is 17.1 Å². The Morgan fingerprint density at radius 2 is 1.37 bits per heavy atom. The Bertz CT molecular complexity index is 2000. The summed E-state index contributed by atoms with van der Waals surface area (Å²) >= 11 is 15.7. The molecule has 1 heterocycles. The molecule has 0 saturated heterocycles. The summed E-state index contributed by atoms with van der Waals surface area (Å²) in [6.45, 7) is 11.4. The molecule has 6 aromatic rings. The van der Waals surface area contributed by atoms with Crippen LogP contribution in [0.5, 0.6) is 0 Å². The second kappa shape index (κ2) is 10.3. The van der Waals surface area contributed by atoms with E-state index in [9.17, 15) is 0 Å². The van der Waals surface area contributed by atoms with Crippen LogP contribution in [0.15, 0.2) is 109 Å². The second-order valence-electron chi connectivity index (χ2n) is 13.0. The van der Waals surface area contributed by atoms with Crippen molar-refractivity contribution < 1.29 is 0 Å². The lowest BCUT2D eigenvalue weighted by Gasteiger charge is -2.28. The van der Waals surface area contributed by atoms with Gasteiger partial charge in [0, 0.05) is 26.6 Å². The van der Waals surface area contributed by atoms with Gasteiger partial charge in [0.05, 0.1) is 21.4 Å². The maximum absolute atomic E-state index is 7.10. The van der Waals surface area contributed by atoms with Crippen LogP contribution in [-0.2, 0) is 10.8 Å². The molecule has 0 amide bonds. The number of rotatable bonds is 4. The number of fused-ring (bicyclic) bond motifs is 4. The highest BCUT2D eigenvalue weighted by molar-refractivity contribution is 7.17. The Hall–Kier alpha value is -3.56. The molecular weight excluding hydrogens is 585 g/mol. The maximum Gasteiger partial charge on any atom is 0.0833 e. The molecule has 0 radical (unpaired) electrons. The summed E-state index contributed by atoms with van der Waals surface area (Å²) < 4.78 is 1.26. The number of benzene rings is 5. The molecule has 0 fully saturated rings. The zero-order chi connectivity index (χ0) is 30.1. The zero-order valence-corrected chi connectivity index (χ0v) is 27.3. The van der Waals surface area contributed by atoms with Gasteiger partial charge in [-0.15, -0.1) is 11.3 Å². The summed E-state index contributed by atoms with van der Waals surface area (Å²) in [6.07, 6.45) is 0. The van der Waals surface area contributed by atoms with Gasteiger partial charge in [0.15, 0.2) is 0 Å². The molecule has 4 heteroatoms. The van der Waals surface area contributed by atoms with Crippen molar-refractivity contribution in [1.29, 1.82) is 0 Å². The molecule has 0 spiro atoms. The molecule has 0 aliphatic heterocycles. The van der Waals surface area contributed by atoms with E-state index in [1.807, 2.05) is 24.3 Å². The fourth-order valence-electron chi connectivity index (χ4n) is 6.43. The lowest BCUT2D eigenvalue weighted by atomic mass is 9.82. The standard InChI is InChI=1S/C39H33Cl2NS/c1-38(2,3)26-15-17-27(18-16-26)42(34-20-25(19-33(40)37(34)41)24-11-7-6-8-12-24)35-23-43-36-22-32-29(21-30(35)36)28-13-9-10-14-31(28)39(32,4)5/h6-23H,1-5H3. The molecule has 1 nitrogen and oxygen atoms in total. The number of hydrogen-bond acceptors (Lipinski definition) is 2. The van der Waals surface area contributed by atoms with Crippen LogP contribution in [-0.4, -0.2) is 0 Å². The van der Waals surface area contributed by atoms with E-state index in [0.29, 0.717) is 10.0 Å². The Morgan fingerprint density at radius 1 is 0.674 bits per heavy atom. The number of thiophene rings is 1. The van der Waals surface area contributed by atoms with Crippen molar-refractivity contribution in [2.75, 3.05) is 4.90 Å². The first-order valence-electron chi connectivity index (χ1n) is 14.6. The van der Waals surface area contributed by atoms with Crippen molar-refractivity contribution in [2.45, 2.75) is 45.4 Å². The highest BCUT2D eigenvalue weighted by Crippen LogP contribution is 2.53. The van der Waals surface area contributed by atoms with Gasteiger partial charge in [-0.2, -0.15) is 0 Å². The SMILES string of the molecule is CC(C)(C)c1ccc(N(c2cc(-c3ccccc3)cc(Cl)c2Cl)c2csc3cc4c(cc23)-c2ccccc2C4(C)C)cc1. The van der Waals surface area contributed by atoms with Gasteiger partial charge in [0.25, 0.3) is 0 Å². The number of halogens is 2. The van der Waals surface area contributed by atoms with Crippen molar-refractivity contribution in [3.05, 3.63) is 135 Å². The first-order chi connectivity index (χ1) is 20.5. The van der Waals surface area contributed by atoms with Gasteiger partial charge < -0.3 is 4.90 Å². The lowest BCUT2D eigenvalue weighted by molar-refractivity contribution is 0.590. The van der Waals surface area contributed by atoms with Crippen LogP contribution in [0.1, 0.15) is 51.3 Å². The first kappa shape index (κ1) is 28.2. The smallest absolute Gasteiger partial charge is 0.0833 e. The molecule has 1 aromatic heterocycles. The van der Waals surface area contributed by atoms with Gasteiger partial charge in [-0.25, -0.2) is 0 Å². The summed E-state index contributed by atoms with van der Waals surface area (Å²) in [5, 5.41) is 4.53. The van der Waals surface area contributed by atoms with Crippen LogP contribution in [0, 0.1) is 0 Å². The van der Waals surface area contributed by atoms with Crippen LogP contribution < -0.4 is 4.90 Å². The monoisotopic (exact) mass is 617 g/mol. The average Bonchev–Trinajstić information content (AvgIpc) is 3.50. The summed E-state index contributed by atoms with van der Waals surface area (Å²) in [6, 6.07) is 36.9. The summed E-state index contributed by atoms with van der Waals surface area (Å²) in [5.74, 6) is 0. The topological polar surface area (TPSA) is 3.24 Å². The fraction of sp³-hybridized carbons (Fsp3) is 0.179. The fourth-order valence-corrected chi connectivity index (χ4v) is 7.79. The molecule has 43 heavy (non-hydrogen) atoms. The van der Waals surface area contributed by atoms with Crippen molar-refractivity contribution in [3.8, 4) is 22.3 Å². The van der Waals surface area contributed by atoms with E-state index in [1.165, 1.54) is 37.9 Å². The largest absolute Gasteiger partial charge is 0.307 e. The van der Waals surface area contributed by atoms with Crippen LogP contribution in [0.3, 0.4) is 0 Å². The normalized spacial score (nSPS) is 13.7. The van der Waals surface area contributed by atoms with Gasteiger partial charge in [0.1, 0.15) is 0 Å². The average molecular weight is 619 g/mol. The van der Waals surface area contributed by atoms with Crippen molar-refractivity contribution in [2.24, 2.45) is 0 Å². The van der Waals surface area contributed by atoms with E-state index in [-0.39, 0.29) is 10.8 Å². The molecular formula is C39H33Cl2NS. The summed E-state index contributed by atoms with van der Waals surface area (Å²) in [5.41, 5.74) is 11.8. The van der Waals surface area contributed by atoms with Crippen molar-refractivity contribution in [1.82, 2.24) is 0 Å². The van der Waals surface area contributed by atoms with Gasteiger partial charge >= 0.3 is 0 Å².